The van der Waals surface area contributed by atoms with Crippen molar-refractivity contribution in [1.82, 2.24) is 0 Å². The molecule has 2 saturated carbocycles. The fraction of sp³-hybridized carbons (Fsp3) is 1.00. The largest absolute Gasteiger partial charge is 0.346 e. The van der Waals surface area contributed by atoms with E-state index in [0.29, 0.717) is 11.3 Å². The Balaban J connectivity index is 1.98. The summed E-state index contributed by atoms with van der Waals surface area (Å²) in [5.41, 5.74) is 0.235. The van der Waals surface area contributed by atoms with E-state index in [1.807, 2.05) is 0 Å². The van der Waals surface area contributed by atoms with Gasteiger partial charge in [-0.15, -0.1) is 0 Å². The molecule has 20 heavy (non-hydrogen) atoms. The van der Waals surface area contributed by atoms with E-state index in [1.54, 1.807) is 0 Å². The first kappa shape index (κ1) is 14.8. The van der Waals surface area contributed by atoms with E-state index in [2.05, 4.69) is 41.5 Å². The average molecular weight is 280 g/mol. The molecule has 3 fully saturated rings. The molecule has 2 aliphatic carbocycles. The van der Waals surface area contributed by atoms with Crippen LogP contribution in [-0.4, -0.2) is 18.0 Å². The molecule has 0 amide bonds. The normalized spacial score (nSPS) is 54.3. The first-order valence-electron chi connectivity index (χ1n) is 8.64. The van der Waals surface area contributed by atoms with Gasteiger partial charge in [0.25, 0.3) is 0 Å². The fourth-order valence-electron chi connectivity index (χ4n) is 5.45. The van der Waals surface area contributed by atoms with Crippen molar-refractivity contribution in [3.63, 3.8) is 0 Å². The summed E-state index contributed by atoms with van der Waals surface area (Å²) < 4.78 is 12.7. The molecule has 7 atom stereocenters. The Kier molecular flexibility index (Phi) is 3.49. The van der Waals surface area contributed by atoms with Crippen molar-refractivity contribution in [2.45, 2.75) is 85.2 Å². The Hall–Kier alpha value is -0.0800. The van der Waals surface area contributed by atoms with Crippen LogP contribution in [0.15, 0.2) is 0 Å². The van der Waals surface area contributed by atoms with Crippen molar-refractivity contribution in [3.05, 3.63) is 0 Å². The van der Waals surface area contributed by atoms with Crippen molar-refractivity contribution < 1.29 is 9.47 Å². The molecule has 116 valence electrons. The van der Waals surface area contributed by atoms with Gasteiger partial charge in [-0.25, -0.2) is 0 Å². The van der Waals surface area contributed by atoms with Crippen molar-refractivity contribution in [1.29, 1.82) is 0 Å². The van der Waals surface area contributed by atoms with Gasteiger partial charge < -0.3 is 9.47 Å². The van der Waals surface area contributed by atoms with Gasteiger partial charge in [-0.3, -0.25) is 0 Å². The van der Waals surface area contributed by atoms with Gasteiger partial charge in [0.1, 0.15) is 0 Å². The van der Waals surface area contributed by atoms with E-state index in [0.717, 1.165) is 24.2 Å². The second-order valence-electron chi connectivity index (χ2n) is 8.37. The Morgan fingerprint density at radius 1 is 1.10 bits per heavy atom. The molecule has 0 N–H and O–H groups in total. The fourth-order valence-corrected chi connectivity index (χ4v) is 5.45. The maximum absolute atomic E-state index is 6.41. The summed E-state index contributed by atoms with van der Waals surface area (Å²) in [6.45, 7) is 14.3. The number of fused-ring (bicyclic) bond motifs is 2. The summed E-state index contributed by atoms with van der Waals surface area (Å²) in [5, 5.41) is 0. The molecule has 0 bridgehead atoms. The van der Waals surface area contributed by atoms with E-state index in [1.165, 1.54) is 19.3 Å². The van der Waals surface area contributed by atoms with Crippen LogP contribution >= 0.6 is 0 Å². The zero-order chi connectivity index (χ0) is 14.7. The number of rotatable bonds is 1. The lowest BCUT2D eigenvalue weighted by Gasteiger charge is -2.44. The first-order valence-corrected chi connectivity index (χ1v) is 8.64. The van der Waals surface area contributed by atoms with Crippen molar-refractivity contribution >= 4 is 0 Å². The topological polar surface area (TPSA) is 18.5 Å². The van der Waals surface area contributed by atoms with Crippen LogP contribution in [0.1, 0.15) is 67.2 Å². The Bertz CT molecular complexity index is 378. The smallest absolute Gasteiger partial charge is 0.158 e. The zero-order valence-electron chi connectivity index (χ0n) is 14.1. The quantitative estimate of drug-likeness (QED) is 0.697. The van der Waals surface area contributed by atoms with E-state index < -0.39 is 0 Å². The molecule has 1 saturated heterocycles. The summed E-state index contributed by atoms with van der Waals surface area (Å²) in [4.78, 5) is 0. The molecule has 1 aliphatic heterocycles. The molecule has 3 rings (SSSR count). The molecular weight excluding hydrogens is 248 g/mol. The van der Waals surface area contributed by atoms with Crippen LogP contribution in [-0.2, 0) is 9.47 Å². The van der Waals surface area contributed by atoms with Crippen LogP contribution in [0.4, 0.5) is 0 Å². The highest BCUT2D eigenvalue weighted by atomic mass is 16.7. The third-order valence-corrected chi connectivity index (χ3v) is 7.27. The third-order valence-electron chi connectivity index (χ3n) is 7.27. The predicted octanol–water partition coefficient (Wildman–Crippen LogP) is 4.62. The summed E-state index contributed by atoms with van der Waals surface area (Å²) in [6, 6.07) is 0. The van der Waals surface area contributed by atoms with Crippen molar-refractivity contribution in [3.8, 4) is 0 Å². The van der Waals surface area contributed by atoms with Gasteiger partial charge >= 0.3 is 0 Å². The van der Waals surface area contributed by atoms with Gasteiger partial charge in [-0.2, -0.15) is 0 Å². The molecule has 0 radical (unpaired) electrons. The summed E-state index contributed by atoms with van der Waals surface area (Å²) in [7, 11) is 0. The van der Waals surface area contributed by atoms with Crippen LogP contribution in [0.2, 0.25) is 0 Å². The standard InChI is InChI=1S/C18H32O2/c1-7-16-19-15-10-13-11(2)8-9-14(13)17(4,5)12(3)18(15,6)20-16/h11-16H,7-10H2,1-6H3/t11-,12-,13?,14-,15+,16-,18-/m1/s1. The van der Waals surface area contributed by atoms with Crippen LogP contribution < -0.4 is 0 Å². The maximum Gasteiger partial charge on any atom is 0.158 e. The molecule has 2 heteroatoms. The van der Waals surface area contributed by atoms with Crippen molar-refractivity contribution in [2.24, 2.45) is 29.1 Å². The highest BCUT2D eigenvalue weighted by molar-refractivity contribution is 5.08. The van der Waals surface area contributed by atoms with Crippen LogP contribution in [0.25, 0.3) is 0 Å². The molecule has 0 spiro atoms. The van der Waals surface area contributed by atoms with Gasteiger partial charge in [0, 0.05) is 0 Å². The van der Waals surface area contributed by atoms with Gasteiger partial charge in [-0.1, -0.05) is 41.0 Å². The Morgan fingerprint density at radius 2 is 1.80 bits per heavy atom. The number of hydrogen-bond acceptors (Lipinski definition) is 2. The molecular formula is C18H32O2. The van der Waals surface area contributed by atoms with Crippen molar-refractivity contribution in [2.75, 3.05) is 0 Å². The Morgan fingerprint density at radius 3 is 2.45 bits per heavy atom. The third kappa shape index (κ3) is 1.90. The molecule has 0 aromatic heterocycles. The monoisotopic (exact) mass is 280 g/mol. The minimum absolute atomic E-state index is 0.0107. The molecule has 2 nitrogen and oxygen atoms in total. The summed E-state index contributed by atoms with van der Waals surface area (Å²) >= 11 is 0. The van der Waals surface area contributed by atoms with Gasteiger partial charge in [0.15, 0.2) is 6.29 Å². The minimum atomic E-state index is -0.103. The highest BCUT2D eigenvalue weighted by Gasteiger charge is 2.60. The highest BCUT2D eigenvalue weighted by Crippen LogP contribution is 2.59. The van der Waals surface area contributed by atoms with Crippen LogP contribution in [0.5, 0.6) is 0 Å². The van der Waals surface area contributed by atoms with Gasteiger partial charge in [-0.05, 0) is 55.3 Å². The number of ether oxygens (including phenoxy) is 2. The van der Waals surface area contributed by atoms with E-state index >= 15 is 0 Å². The second kappa shape index (κ2) is 4.71. The first-order chi connectivity index (χ1) is 9.30. The van der Waals surface area contributed by atoms with Gasteiger partial charge in [0.05, 0.1) is 11.7 Å². The van der Waals surface area contributed by atoms with Crippen LogP contribution in [0, 0.1) is 29.1 Å². The van der Waals surface area contributed by atoms with E-state index in [4.69, 9.17) is 9.47 Å². The predicted molar refractivity (Wildman–Crippen MR) is 81.4 cm³/mol. The molecule has 1 unspecified atom stereocenters. The SMILES string of the molecule is CC[C@@H]1O[C@H]2CC3[C@H](C)CC[C@H]3C(C)(C)[C@@H](C)[C@@]2(C)O1. The van der Waals surface area contributed by atoms with Gasteiger partial charge in [0.2, 0.25) is 0 Å². The summed E-state index contributed by atoms with van der Waals surface area (Å²) in [5.74, 6) is 3.04. The molecule has 0 aromatic carbocycles. The minimum Gasteiger partial charge on any atom is -0.346 e. The lowest BCUT2D eigenvalue weighted by atomic mass is 9.63. The molecule has 1 heterocycles. The second-order valence-corrected chi connectivity index (χ2v) is 8.37. The lowest BCUT2D eigenvalue weighted by molar-refractivity contribution is -0.125. The van der Waals surface area contributed by atoms with Crippen LogP contribution in [0.3, 0.4) is 0 Å². The molecule has 0 aromatic rings. The molecule has 3 aliphatic rings. The number of hydrogen-bond donors (Lipinski definition) is 0. The maximum atomic E-state index is 6.41. The average Bonchev–Trinajstić information content (AvgIpc) is 2.90. The Labute approximate surface area is 124 Å². The zero-order valence-corrected chi connectivity index (χ0v) is 14.1. The summed E-state index contributed by atoms with van der Waals surface area (Å²) in [6.07, 6.45) is 5.25. The van der Waals surface area contributed by atoms with E-state index in [-0.39, 0.29) is 18.0 Å². The van der Waals surface area contributed by atoms with E-state index in [9.17, 15) is 0 Å². The lowest BCUT2D eigenvalue weighted by Crippen LogP contribution is -2.48.